The summed E-state index contributed by atoms with van der Waals surface area (Å²) >= 11 is 0. The average molecular weight is 349 g/mol. The molecule has 0 spiro atoms. The number of anilines is 1. The van der Waals surface area contributed by atoms with Crippen LogP contribution in [0.5, 0.6) is 0 Å². The van der Waals surface area contributed by atoms with Crippen LogP contribution in [0.2, 0.25) is 0 Å². The number of nitrogens with one attached hydrogen (secondary N) is 2. The lowest BCUT2D eigenvalue weighted by Crippen LogP contribution is -2.43. The number of hydrogen-bond donors (Lipinski definition) is 3. The fourth-order valence-electron chi connectivity index (χ4n) is 3.46. The molecule has 0 amide bonds. The van der Waals surface area contributed by atoms with E-state index in [0.717, 1.165) is 52.8 Å². The number of benzene rings is 1. The molecule has 1 saturated heterocycles. The lowest BCUT2D eigenvalue weighted by atomic mass is 10.1. The van der Waals surface area contributed by atoms with E-state index in [1.54, 1.807) is 6.20 Å². The molecule has 1 aliphatic rings. The smallest absolute Gasteiger partial charge is 0.135 e. The predicted molar refractivity (Wildman–Crippen MR) is 99.6 cm³/mol. The molecule has 1 atom stereocenters. The van der Waals surface area contributed by atoms with Crippen molar-refractivity contribution < 1.29 is 4.74 Å². The summed E-state index contributed by atoms with van der Waals surface area (Å²) in [5.41, 5.74) is 9.88. The molecule has 0 radical (unpaired) electrons. The van der Waals surface area contributed by atoms with Gasteiger partial charge >= 0.3 is 0 Å². The zero-order valence-corrected chi connectivity index (χ0v) is 14.1. The summed E-state index contributed by atoms with van der Waals surface area (Å²) < 4.78 is 7.45. The molecule has 3 aromatic heterocycles. The lowest BCUT2D eigenvalue weighted by Gasteiger charge is -2.23. The molecule has 0 aliphatic carbocycles. The maximum absolute atomic E-state index is 6.21. The van der Waals surface area contributed by atoms with Crippen molar-refractivity contribution in [3.05, 3.63) is 36.7 Å². The molecule has 1 aliphatic heterocycles. The number of nitrogens with zero attached hydrogens (tertiary/aromatic N) is 4. The molecule has 0 bridgehead atoms. The number of H-pyrrole nitrogens is 1. The standard InChI is InChI=1S/C18H19N7O/c19-18-14-9-25(8-12-10-26-6-5-20-12)24-17(14)13-2-1-11(7-16(13)22-18)15-3-4-21-23-15/h1-4,7,9,12,20H,5-6,8,10H2,(H2,19,22)(H,21,23). The number of nitrogen functional groups attached to an aromatic ring is 1. The summed E-state index contributed by atoms with van der Waals surface area (Å²) in [6.45, 7) is 3.06. The van der Waals surface area contributed by atoms with Crippen LogP contribution >= 0.6 is 0 Å². The Labute approximate surface area is 149 Å². The van der Waals surface area contributed by atoms with E-state index in [9.17, 15) is 0 Å². The van der Waals surface area contributed by atoms with Crippen LogP contribution in [0.15, 0.2) is 36.7 Å². The van der Waals surface area contributed by atoms with Crippen LogP contribution in [0, 0.1) is 0 Å². The molecule has 132 valence electrons. The molecular weight excluding hydrogens is 330 g/mol. The molecule has 5 rings (SSSR count). The van der Waals surface area contributed by atoms with E-state index in [1.807, 2.05) is 35.1 Å². The van der Waals surface area contributed by atoms with Crippen LogP contribution in [0.4, 0.5) is 5.82 Å². The van der Waals surface area contributed by atoms with Gasteiger partial charge in [0.05, 0.1) is 42.4 Å². The maximum atomic E-state index is 6.21. The van der Waals surface area contributed by atoms with Crippen molar-refractivity contribution in [3.63, 3.8) is 0 Å². The van der Waals surface area contributed by atoms with Gasteiger partial charge in [-0.25, -0.2) is 4.98 Å². The Balaban J connectivity index is 1.58. The van der Waals surface area contributed by atoms with Crippen LogP contribution < -0.4 is 11.1 Å². The van der Waals surface area contributed by atoms with E-state index in [-0.39, 0.29) is 6.04 Å². The van der Waals surface area contributed by atoms with Gasteiger partial charge in [-0.2, -0.15) is 10.2 Å². The highest BCUT2D eigenvalue weighted by atomic mass is 16.5. The fraction of sp³-hybridized carbons (Fsp3) is 0.278. The number of rotatable bonds is 3. The molecule has 1 fully saturated rings. The second kappa shape index (κ2) is 6.08. The number of aromatic nitrogens is 5. The summed E-state index contributed by atoms with van der Waals surface area (Å²) in [5.74, 6) is 0.494. The Morgan fingerprint density at radius 1 is 1.27 bits per heavy atom. The minimum Gasteiger partial charge on any atom is -0.383 e. The van der Waals surface area contributed by atoms with Gasteiger partial charge in [0.25, 0.3) is 0 Å². The average Bonchev–Trinajstić information content (AvgIpc) is 3.32. The first-order valence-corrected chi connectivity index (χ1v) is 8.65. The topological polar surface area (TPSA) is 107 Å². The third-order valence-corrected chi connectivity index (χ3v) is 4.75. The second-order valence-corrected chi connectivity index (χ2v) is 6.54. The number of hydrogen-bond acceptors (Lipinski definition) is 6. The monoisotopic (exact) mass is 349 g/mol. The van der Waals surface area contributed by atoms with E-state index >= 15 is 0 Å². The van der Waals surface area contributed by atoms with Crippen molar-refractivity contribution in [1.29, 1.82) is 0 Å². The highest BCUT2D eigenvalue weighted by Crippen LogP contribution is 2.29. The highest BCUT2D eigenvalue weighted by molar-refractivity contribution is 6.08. The Morgan fingerprint density at radius 2 is 2.23 bits per heavy atom. The minimum atomic E-state index is 0.255. The van der Waals surface area contributed by atoms with Gasteiger partial charge in [-0.05, 0) is 18.2 Å². The molecule has 8 heteroatoms. The van der Waals surface area contributed by atoms with Gasteiger partial charge in [0.1, 0.15) is 11.3 Å². The molecule has 0 saturated carbocycles. The maximum Gasteiger partial charge on any atom is 0.135 e. The summed E-state index contributed by atoms with van der Waals surface area (Å²) in [5, 5.41) is 17.1. The Hall–Kier alpha value is -2.97. The van der Waals surface area contributed by atoms with Crippen molar-refractivity contribution in [3.8, 4) is 11.3 Å². The molecule has 4 aromatic rings. The van der Waals surface area contributed by atoms with Crippen molar-refractivity contribution in [2.24, 2.45) is 0 Å². The first-order chi connectivity index (χ1) is 12.8. The first kappa shape index (κ1) is 15.3. The number of fused-ring (bicyclic) bond motifs is 3. The lowest BCUT2D eigenvalue weighted by molar-refractivity contribution is 0.0703. The third-order valence-electron chi connectivity index (χ3n) is 4.75. The quantitative estimate of drug-likeness (QED) is 0.518. The van der Waals surface area contributed by atoms with Crippen LogP contribution in [-0.2, 0) is 11.3 Å². The molecule has 4 heterocycles. The van der Waals surface area contributed by atoms with Gasteiger partial charge in [0, 0.05) is 29.9 Å². The molecule has 8 nitrogen and oxygen atoms in total. The molecule has 26 heavy (non-hydrogen) atoms. The first-order valence-electron chi connectivity index (χ1n) is 8.65. The number of ether oxygens (including phenoxy) is 1. The third kappa shape index (κ3) is 2.59. The van der Waals surface area contributed by atoms with E-state index in [2.05, 4.69) is 20.5 Å². The van der Waals surface area contributed by atoms with E-state index in [1.165, 1.54) is 0 Å². The number of pyridine rings is 1. The molecule has 1 aromatic carbocycles. The van der Waals surface area contributed by atoms with Crippen LogP contribution in [0.1, 0.15) is 0 Å². The zero-order chi connectivity index (χ0) is 17.5. The van der Waals surface area contributed by atoms with Gasteiger partial charge in [-0.3, -0.25) is 9.78 Å². The van der Waals surface area contributed by atoms with E-state index in [4.69, 9.17) is 15.6 Å². The molecular formula is C18H19N7O. The van der Waals surface area contributed by atoms with Crippen LogP contribution in [0.3, 0.4) is 0 Å². The summed E-state index contributed by atoms with van der Waals surface area (Å²) in [6.07, 6.45) is 3.70. The summed E-state index contributed by atoms with van der Waals surface area (Å²) in [6, 6.07) is 8.28. The second-order valence-electron chi connectivity index (χ2n) is 6.54. The zero-order valence-electron chi connectivity index (χ0n) is 14.1. The van der Waals surface area contributed by atoms with Gasteiger partial charge < -0.3 is 15.8 Å². The SMILES string of the molecule is Nc1nc2cc(-c3ccn[nH]3)ccc2c2nn(CC3COCCN3)cc12. The van der Waals surface area contributed by atoms with Gasteiger partial charge in [0.2, 0.25) is 0 Å². The number of aromatic amines is 1. The number of nitrogens with two attached hydrogens (primary N) is 1. The minimum absolute atomic E-state index is 0.255. The Morgan fingerprint density at radius 3 is 3.04 bits per heavy atom. The van der Waals surface area contributed by atoms with Gasteiger partial charge in [-0.1, -0.05) is 6.07 Å². The van der Waals surface area contributed by atoms with Gasteiger partial charge in [0.15, 0.2) is 0 Å². The predicted octanol–water partition coefficient (Wildman–Crippen LogP) is 1.55. The summed E-state index contributed by atoms with van der Waals surface area (Å²) in [7, 11) is 0. The Bertz CT molecular complexity index is 1060. The Kier molecular flexibility index (Phi) is 3.58. The van der Waals surface area contributed by atoms with Crippen molar-refractivity contribution in [2.45, 2.75) is 12.6 Å². The van der Waals surface area contributed by atoms with Crippen molar-refractivity contribution in [2.75, 3.05) is 25.5 Å². The molecule has 4 N–H and O–H groups in total. The van der Waals surface area contributed by atoms with E-state index < -0.39 is 0 Å². The van der Waals surface area contributed by atoms with Crippen molar-refractivity contribution >= 4 is 27.6 Å². The van der Waals surface area contributed by atoms with Gasteiger partial charge in [-0.15, -0.1) is 0 Å². The number of morpholine rings is 1. The highest BCUT2D eigenvalue weighted by Gasteiger charge is 2.16. The normalized spacial score (nSPS) is 17.9. The summed E-state index contributed by atoms with van der Waals surface area (Å²) in [4.78, 5) is 4.58. The van der Waals surface area contributed by atoms with Crippen molar-refractivity contribution in [1.82, 2.24) is 30.3 Å². The molecule has 1 unspecified atom stereocenters. The van der Waals surface area contributed by atoms with Crippen LogP contribution in [0.25, 0.3) is 33.1 Å². The largest absolute Gasteiger partial charge is 0.383 e. The van der Waals surface area contributed by atoms with E-state index in [0.29, 0.717) is 12.4 Å². The van der Waals surface area contributed by atoms with Crippen LogP contribution in [-0.4, -0.2) is 50.8 Å². The fourth-order valence-corrected chi connectivity index (χ4v) is 3.46.